The standard InChI is InChI=1S/C29H34N6O8/c30-21(10-11-25(37)38)26(39)33-23(14-19-15-31-16-32-19)28(41)34-22(12-17-4-2-1-3-5-17)27(40)35-24(29(42)43)13-18-6-8-20(36)9-7-18/h1-9,15-16,21-24,36H,10-14,30H2,(H,31,32)(H,33,39)(H,34,41)(H,35,40)(H,37,38)(H,42,43). The molecule has 0 fully saturated rings. The molecule has 4 atom stereocenters. The molecule has 0 aliphatic rings. The molecule has 0 spiro atoms. The molecule has 228 valence electrons. The maximum Gasteiger partial charge on any atom is 0.326 e. The second kappa shape index (κ2) is 15.7. The number of carboxylic acids is 2. The highest BCUT2D eigenvalue weighted by molar-refractivity contribution is 5.94. The molecule has 14 heteroatoms. The lowest BCUT2D eigenvalue weighted by Crippen LogP contribution is -2.58. The summed E-state index contributed by atoms with van der Waals surface area (Å²) in [5.74, 6) is -4.71. The fourth-order valence-electron chi connectivity index (χ4n) is 4.19. The number of phenolic OH excluding ortho intramolecular Hbond substituents is 1. The number of aliphatic carboxylic acids is 2. The van der Waals surface area contributed by atoms with Gasteiger partial charge in [-0.25, -0.2) is 9.78 Å². The molecule has 3 rings (SSSR count). The first-order valence-electron chi connectivity index (χ1n) is 13.4. The van der Waals surface area contributed by atoms with Crippen LogP contribution in [0.2, 0.25) is 0 Å². The number of hydrogen-bond donors (Lipinski definition) is 8. The van der Waals surface area contributed by atoms with E-state index < -0.39 is 53.8 Å². The van der Waals surface area contributed by atoms with E-state index in [0.29, 0.717) is 16.8 Å². The summed E-state index contributed by atoms with van der Waals surface area (Å²) in [6.07, 6.45) is 2.20. The Balaban J connectivity index is 1.80. The van der Waals surface area contributed by atoms with E-state index in [-0.39, 0.29) is 37.9 Å². The number of nitrogens with one attached hydrogen (secondary N) is 4. The van der Waals surface area contributed by atoms with Crippen molar-refractivity contribution in [3.8, 4) is 5.75 Å². The summed E-state index contributed by atoms with van der Waals surface area (Å²) in [5.41, 5.74) is 7.55. The highest BCUT2D eigenvalue weighted by Gasteiger charge is 2.31. The van der Waals surface area contributed by atoms with Crippen molar-refractivity contribution < 1.29 is 39.3 Å². The lowest BCUT2D eigenvalue weighted by atomic mass is 10.0. The highest BCUT2D eigenvalue weighted by Crippen LogP contribution is 2.12. The molecule has 0 bridgehead atoms. The predicted octanol–water partition coefficient (Wildman–Crippen LogP) is -0.126. The summed E-state index contributed by atoms with van der Waals surface area (Å²) in [7, 11) is 0. The fourth-order valence-corrected chi connectivity index (χ4v) is 4.19. The first kappa shape index (κ1) is 32.3. The summed E-state index contributed by atoms with van der Waals surface area (Å²) in [6, 6.07) is 9.59. The SMILES string of the molecule is NC(CCC(=O)O)C(=O)NC(Cc1cnc[nH]1)C(=O)NC(Cc1ccccc1)C(=O)NC(Cc1ccc(O)cc1)C(=O)O. The van der Waals surface area contributed by atoms with E-state index in [2.05, 4.69) is 25.9 Å². The molecule has 0 saturated heterocycles. The zero-order valence-corrected chi connectivity index (χ0v) is 23.1. The first-order valence-corrected chi connectivity index (χ1v) is 13.4. The highest BCUT2D eigenvalue weighted by atomic mass is 16.4. The number of benzene rings is 2. The van der Waals surface area contributed by atoms with E-state index in [1.54, 1.807) is 30.3 Å². The van der Waals surface area contributed by atoms with Gasteiger partial charge in [-0.05, 0) is 29.7 Å². The second-order valence-corrected chi connectivity index (χ2v) is 9.90. The number of aromatic hydroxyl groups is 1. The van der Waals surface area contributed by atoms with E-state index in [1.807, 2.05) is 0 Å². The third kappa shape index (κ3) is 10.6. The number of imidazole rings is 1. The summed E-state index contributed by atoms with van der Waals surface area (Å²) in [5, 5.41) is 35.8. The third-order valence-electron chi connectivity index (χ3n) is 6.52. The van der Waals surface area contributed by atoms with Gasteiger partial charge in [0.1, 0.15) is 23.9 Å². The van der Waals surface area contributed by atoms with E-state index in [1.165, 1.54) is 36.8 Å². The van der Waals surface area contributed by atoms with E-state index in [0.717, 1.165) is 0 Å². The van der Waals surface area contributed by atoms with E-state index in [9.17, 15) is 34.2 Å². The Kier molecular flexibility index (Phi) is 11.8. The number of carbonyl (C=O) groups excluding carboxylic acids is 3. The molecule has 9 N–H and O–H groups in total. The maximum absolute atomic E-state index is 13.5. The van der Waals surface area contributed by atoms with Crippen LogP contribution in [-0.2, 0) is 43.2 Å². The van der Waals surface area contributed by atoms with Gasteiger partial charge >= 0.3 is 11.9 Å². The number of nitrogens with two attached hydrogens (primary N) is 1. The number of H-pyrrole nitrogens is 1. The normalized spacial score (nSPS) is 13.6. The second-order valence-electron chi connectivity index (χ2n) is 9.90. The molecule has 2 aromatic carbocycles. The third-order valence-corrected chi connectivity index (χ3v) is 6.52. The Hall–Kier alpha value is -5.24. The average molecular weight is 595 g/mol. The molecule has 0 radical (unpaired) electrons. The molecule has 1 aromatic heterocycles. The number of carboxylic acid groups (broad SMARTS) is 2. The molecule has 4 unspecified atom stereocenters. The van der Waals surface area contributed by atoms with Gasteiger partial charge in [0, 0.05) is 37.6 Å². The van der Waals surface area contributed by atoms with Crippen molar-refractivity contribution in [2.45, 2.75) is 56.3 Å². The van der Waals surface area contributed by atoms with Crippen LogP contribution in [0, 0.1) is 0 Å². The van der Waals surface area contributed by atoms with Crippen LogP contribution in [0.15, 0.2) is 67.1 Å². The fraction of sp³-hybridized carbons (Fsp3) is 0.310. The van der Waals surface area contributed by atoms with Crippen LogP contribution in [0.1, 0.15) is 29.7 Å². The number of rotatable bonds is 16. The monoisotopic (exact) mass is 594 g/mol. The van der Waals surface area contributed by atoms with Gasteiger partial charge in [-0.3, -0.25) is 19.2 Å². The van der Waals surface area contributed by atoms with Crippen molar-refractivity contribution in [2.75, 3.05) is 0 Å². The van der Waals surface area contributed by atoms with Crippen molar-refractivity contribution in [1.29, 1.82) is 0 Å². The number of hydrogen-bond acceptors (Lipinski definition) is 8. The largest absolute Gasteiger partial charge is 0.508 e. The summed E-state index contributed by atoms with van der Waals surface area (Å²) in [6.45, 7) is 0. The van der Waals surface area contributed by atoms with Gasteiger partial charge in [0.15, 0.2) is 0 Å². The zero-order valence-electron chi connectivity index (χ0n) is 23.1. The quantitative estimate of drug-likeness (QED) is 0.109. The first-order chi connectivity index (χ1) is 20.5. The van der Waals surface area contributed by atoms with Crippen LogP contribution in [0.3, 0.4) is 0 Å². The van der Waals surface area contributed by atoms with Crippen molar-refractivity contribution in [1.82, 2.24) is 25.9 Å². The molecule has 14 nitrogen and oxygen atoms in total. The van der Waals surface area contributed by atoms with Crippen LogP contribution in [0.4, 0.5) is 0 Å². The molecule has 3 amide bonds. The van der Waals surface area contributed by atoms with Gasteiger partial charge < -0.3 is 42.0 Å². The van der Waals surface area contributed by atoms with Crippen LogP contribution >= 0.6 is 0 Å². The molecular formula is C29H34N6O8. The smallest absolute Gasteiger partial charge is 0.326 e. The minimum Gasteiger partial charge on any atom is -0.508 e. The molecular weight excluding hydrogens is 560 g/mol. The Labute approximate surface area is 246 Å². The van der Waals surface area contributed by atoms with Gasteiger partial charge in [-0.2, -0.15) is 0 Å². The predicted molar refractivity (Wildman–Crippen MR) is 153 cm³/mol. The Bertz CT molecular complexity index is 1380. The average Bonchev–Trinajstić information content (AvgIpc) is 3.49. The number of nitrogens with zero attached hydrogens (tertiary/aromatic N) is 1. The number of aromatic amines is 1. The molecule has 43 heavy (non-hydrogen) atoms. The summed E-state index contributed by atoms with van der Waals surface area (Å²) in [4.78, 5) is 69.4. The van der Waals surface area contributed by atoms with Crippen molar-refractivity contribution in [2.24, 2.45) is 5.73 Å². The van der Waals surface area contributed by atoms with Crippen molar-refractivity contribution in [3.05, 3.63) is 83.9 Å². The Morgan fingerprint density at radius 1 is 0.767 bits per heavy atom. The minimum atomic E-state index is -1.35. The lowest BCUT2D eigenvalue weighted by molar-refractivity contribution is -0.142. The molecule has 0 aliphatic carbocycles. The molecule has 0 aliphatic heterocycles. The lowest BCUT2D eigenvalue weighted by Gasteiger charge is -2.25. The van der Waals surface area contributed by atoms with Crippen LogP contribution in [-0.4, -0.2) is 79.1 Å². The topological polar surface area (TPSA) is 237 Å². The number of phenols is 1. The van der Waals surface area contributed by atoms with Gasteiger partial charge in [0.25, 0.3) is 0 Å². The summed E-state index contributed by atoms with van der Waals surface area (Å²) >= 11 is 0. The van der Waals surface area contributed by atoms with Gasteiger partial charge in [-0.1, -0.05) is 42.5 Å². The molecule has 0 saturated carbocycles. The van der Waals surface area contributed by atoms with Crippen molar-refractivity contribution >= 4 is 29.7 Å². The molecule has 3 aromatic rings. The van der Waals surface area contributed by atoms with Gasteiger partial charge in [0.05, 0.1) is 12.4 Å². The van der Waals surface area contributed by atoms with E-state index in [4.69, 9.17) is 10.8 Å². The zero-order chi connectivity index (χ0) is 31.4. The Morgan fingerprint density at radius 2 is 1.33 bits per heavy atom. The van der Waals surface area contributed by atoms with Gasteiger partial charge in [0.2, 0.25) is 17.7 Å². The van der Waals surface area contributed by atoms with Crippen LogP contribution < -0.4 is 21.7 Å². The van der Waals surface area contributed by atoms with Crippen LogP contribution in [0.25, 0.3) is 0 Å². The van der Waals surface area contributed by atoms with E-state index >= 15 is 0 Å². The number of amides is 3. The molecule has 1 heterocycles. The summed E-state index contributed by atoms with van der Waals surface area (Å²) < 4.78 is 0. The minimum absolute atomic E-state index is 0.00455. The maximum atomic E-state index is 13.5. The van der Waals surface area contributed by atoms with Crippen LogP contribution in [0.5, 0.6) is 5.75 Å². The number of aromatic nitrogens is 2. The number of carbonyl (C=O) groups is 5. The van der Waals surface area contributed by atoms with Crippen molar-refractivity contribution in [3.63, 3.8) is 0 Å². The van der Waals surface area contributed by atoms with Gasteiger partial charge in [-0.15, -0.1) is 0 Å². The Morgan fingerprint density at radius 3 is 1.91 bits per heavy atom.